The maximum atomic E-state index is 5.87. The van der Waals surface area contributed by atoms with Gasteiger partial charge in [-0.3, -0.25) is 0 Å². The Labute approximate surface area is 182 Å². The molecule has 0 radical (unpaired) electrons. The minimum atomic E-state index is 0.467. The number of unbranched alkanes of at least 4 members (excludes halogenated alkanes) is 2. The van der Waals surface area contributed by atoms with Gasteiger partial charge >= 0.3 is 0 Å². The zero-order chi connectivity index (χ0) is 18.7. The summed E-state index contributed by atoms with van der Waals surface area (Å²) in [6.07, 6.45) is 4.83. The van der Waals surface area contributed by atoms with Crippen molar-refractivity contribution in [3.63, 3.8) is 0 Å². The number of nitrogens with zero attached hydrogens (tertiary/aromatic N) is 1. The highest BCUT2D eigenvalue weighted by molar-refractivity contribution is 9.28. The molecule has 0 aliphatic rings. The van der Waals surface area contributed by atoms with Crippen LogP contribution in [0.15, 0.2) is 35.7 Å². The summed E-state index contributed by atoms with van der Waals surface area (Å²) in [7, 11) is 0. The molecule has 1 aromatic carbocycles. The van der Waals surface area contributed by atoms with Gasteiger partial charge in [-0.05, 0) is 115 Å². The molecule has 0 amide bonds. The van der Waals surface area contributed by atoms with Crippen LogP contribution in [0.2, 0.25) is 0 Å². The van der Waals surface area contributed by atoms with Crippen LogP contribution in [0.1, 0.15) is 33.1 Å². The van der Waals surface area contributed by atoms with E-state index in [4.69, 9.17) is 14.3 Å². The molecule has 0 N–H and O–H groups in total. The molecule has 0 atom stereocenters. The molecule has 0 aliphatic heterocycles. The summed E-state index contributed by atoms with van der Waals surface area (Å²) in [6, 6.07) is 3.80. The summed E-state index contributed by atoms with van der Waals surface area (Å²) in [5, 5.41) is 3.90. The highest BCUT2D eigenvalue weighted by Gasteiger charge is 2.09. The van der Waals surface area contributed by atoms with E-state index in [0.29, 0.717) is 19.8 Å². The second-order valence-electron chi connectivity index (χ2n) is 5.30. The average molecular weight is 607 g/mol. The van der Waals surface area contributed by atoms with E-state index in [9.17, 15) is 0 Å². The Balaban J connectivity index is 2.36. The van der Waals surface area contributed by atoms with Gasteiger partial charge in [0.05, 0.1) is 24.7 Å². The summed E-state index contributed by atoms with van der Waals surface area (Å²) in [5.41, 5.74) is 0.932. The lowest BCUT2D eigenvalue weighted by Crippen LogP contribution is -2.01. The fourth-order valence-electron chi connectivity index (χ4n) is 1.75. The molecule has 0 spiro atoms. The molecule has 0 fully saturated rings. The smallest absolute Gasteiger partial charge is 0.147 e. The van der Waals surface area contributed by atoms with E-state index in [1.54, 1.807) is 0 Å². The molecule has 0 saturated carbocycles. The monoisotopic (exact) mass is 603 g/mol. The fourth-order valence-corrected chi connectivity index (χ4v) is 3.39. The molecule has 25 heavy (non-hydrogen) atoms. The van der Waals surface area contributed by atoms with Crippen molar-refractivity contribution in [3.8, 4) is 11.5 Å². The summed E-state index contributed by atoms with van der Waals surface area (Å²) >= 11 is 13.7. The van der Waals surface area contributed by atoms with E-state index in [1.165, 1.54) is 0 Å². The van der Waals surface area contributed by atoms with Crippen molar-refractivity contribution in [1.82, 2.24) is 0 Å². The van der Waals surface area contributed by atoms with E-state index >= 15 is 0 Å². The Kier molecular flexibility index (Phi) is 12.1. The second-order valence-corrected chi connectivity index (χ2v) is 9.78. The van der Waals surface area contributed by atoms with Crippen LogP contribution in [0, 0.1) is 0 Å². The summed E-state index contributed by atoms with van der Waals surface area (Å²) in [6.45, 7) is 5.58. The molecule has 0 heterocycles. The van der Waals surface area contributed by atoms with Gasteiger partial charge in [-0.1, -0.05) is 5.16 Å². The van der Waals surface area contributed by atoms with Crippen LogP contribution in [0.4, 0.5) is 0 Å². The quantitative estimate of drug-likeness (QED) is 0.152. The van der Waals surface area contributed by atoms with Crippen LogP contribution < -0.4 is 9.47 Å². The Hall–Kier alpha value is -0.0500. The van der Waals surface area contributed by atoms with Gasteiger partial charge in [0.15, 0.2) is 0 Å². The van der Waals surface area contributed by atoms with Crippen molar-refractivity contribution >= 4 is 69.4 Å². The highest BCUT2D eigenvalue weighted by atomic mass is 79.9. The van der Waals surface area contributed by atoms with Gasteiger partial charge in [-0.25, -0.2) is 0 Å². The van der Waals surface area contributed by atoms with E-state index in [2.05, 4.69) is 68.9 Å². The Morgan fingerprint density at radius 1 is 1.00 bits per heavy atom. The number of halogens is 4. The predicted molar refractivity (Wildman–Crippen MR) is 117 cm³/mol. The minimum Gasteiger partial charge on any atom is -0.491 e. The highest BCUT2D eigenvalue weighted by Crippen LogP contribution is 2.37. The maximum Gasteiger partial charge on any atom is 0.147 e. The van der Waals surface area contributed by atoms with Gasteiger partial charge in [0.2, 0.25) is 0 Å². The zero-order valence-electron chi connectivity index (χ0n) is 14.2. The van der Waals surface area contributed by atoms with Crippen molar-refractivity contribution in [3.05, 3.63) is 30.5 Å². The first-order valence-corrected chi connectivity index (χ1v) is 11.0. The van der Waals surface area contributed by atoms with Crippen LogP contribution in [0.25, 0.3) is 0 Å². The molecule has 1 aromatic rings. The zero-order valence-corrected chi connectivity index (χ0v) is 20.5. The van der Waals surface area contributed by atoms with Gasteiger partial charge in [-0.2, -0.15) is 0 Å². The van der Waals surface area contributed by atoms with Crippen LogP contribution in [-0.4, -0.2) is 25.5 Å². The van der Waals surface area contributed by atoms with E-state index in [0.717, 1.165) is 48.8 Å². The van der Waals surface area contributed by atoms with Crippen LogP contribution in [0.5, 0.6) is 11.5 Å². The predicted octanol–water partition coefficient (Wildman–Crippen LogP) is 7.18. The van der Waals surface area contributed by atoms with Crippen molar-refractivity contribution in [2.75, 3.05) is 19.8 Å². The molecule has 4 nitrogen and oxygen atoms in total. The molecule has 140 valence electrons. The van der Waals surface area contributed by atoms with Crippen LogP contribution in [0.3, 0.4) is 0 Å². The first kappa shape index (κ1) is 23.0. The van der Waals surface area contributed by atoms with Gasteiger partial charge in [0, 0.05) is 0 Å². The van der Waals surface area contributed by atoms with Gasteiger partial charge in [0.25, 0.3) is 0 Å². The normalized spacial score (nSPS) is 10.2. The van der Waals surface area contributed by atoms with Gasteiger partial charge in [-0.15, -0.1) is 0 Å². The number of ether oxygens (including phenoxy) is 2. The van der Waals surface area contributed by atoms with Crippen molar-refractivity contribution in [2.24, 2.45) is 5.16 Å². The Morgan fingerprint density at radius 3 is 2.24 bits per heavy atom. The number of oxime groups is 1. The molecular formula is C17H21Br4NO3. The van der Waals surface area contributed by atoms with Gasteiger partial charge in [0.1, 0.15) is 24.7 Å². The lowest BCUT2D eigenvalue weighted by molar-refractivity contribution is 0.138. The molecular weight excluding hydrogens is 586 g/mol. The average Bonchev–Trinajstić information content (AvgIpc) is 2.51. The van der Waals surface area contributed by atoms with Gasteiger partial charge < -0.3 is 14.3 Å². The fraction of sp³-hybridized carbons (Fsp3) is 0.471. The minimum absolute atomic E-state index is 0.467. The lowest BCUT2D eigenvalue weighted by atomic mass is 10.2. The van der Waals surface area contributed by atoms with E-state index in [-0.39, 0.29) is 0 Å². The molecule has 1 rings (SSSR count). The largest absolute Gasteiger partial charge is 0.491 e. The number of rotatable bonds is 11. The van der Waals surface area contributed by atoms with Crippen LogP contribution >= 0.6 is 63.7 Å². The third-order valence-electron chi connectivity index (χ3n) is 2.83. The molecule has 0 aliphatic carbocycles. The van der Waals surface area contributed by atoms with E-state index in [1.807, 2.05) is 32.1 Å². The third kappa shape index (κ3) is 10.6. The Morgan fingerprint density at radius 2 is 1.64 bits per heavy atom. The molecule has 0 saturated heterocycles. The number of hydrogen-bond donors (Lipinski definition) is 0. The molecule has 0 aromatic heterocycles. The first-order chi connectivity index (χ1) is 11.9. The molecule has 8 heteroatoms. The van der Waals surface area contributed by atoms with Crippen LogP contribution in [-0.2, 0) is 4.84 Å². The molecule has 0 unspecified atom stereocenters. The first-order valence-electron chi connectivity index (χ1n) is 7.79. The number of hydrogen-bond acceptors (Lipinski definition) is 4. The maximum absolute atomic E-state index is 5.87. The topological polar surface area (TPSA) is 40.0 Å². The van der Waals surface area contributed by atoms with E-state index < -0.39 is 0 Å². The van der Waals surface area contributed by atoms with Crippen molar-refractivity contribution in [1.29, 1.82) is 0 Å². The number of benzene rings is 1. The third-order valence-corrected chi connectivity index (χ3v) is 4.66. The summed E-state index contributed by atoms with van der Waals surface area (Å²) in [4.78, 5) is 5.17. The lowest BCUT2D eigenvalue weighted by Gasteiger charge is -2.12. The SMILES string of the molecule is CC(C)=NOCCCCCOc1c(Br)cc(OCC=C(Br)Br)cc1Br. The summed E-state index contributed by atoms with van der Waals surface area (Å²) < 4.78 is 14.1. The Bertz CT molecular complexity index is 575. The standard InChI is InChI=1S/C17H21Br4NO3/c1-12(2)22-25-8-5-3-4-7-24-17-14(18)10-13(11-15(17)19)23-9-6-16(20)21/h6,10-11H,3-5,7-9H2,1-2H3. The second kappa shape index (κ2) is 13.2. The summed E-state index contributed by atoms with van der Waals surface area (Å²) in [5.74, 6) is 1.54. The van der Waals surface area contributed by atoms with Crippen molar-refractivity contribution < 1.29 is 14.3 Å². The van der Waals surface area contributed by atoms with Crippen molar-refractivity contribution in [2.45, 2.75) is 33.1 Å². The molecule has 0 bridgehead atoms.